The topological polar surface area (TPSA) is 186 Å². The maximum atomic E-state index is 12.7. The molecule has 12 nitrogen and oxygen atoms in total. The maximum absolute atomic E-state index is 12.7. The Morgan fingerprint density at radius 2 is 1.04 bits per heavy atom. The standard InChI is InChI=1S/C43H80O12S/c1-3-5-7-9-11-13-15-16-17-18-19-20-22-23-25-27-29-31-38(44)52-33-36(54-39(45)32-30-28-26-24-21-14-12-10-8-6-4-2)34-53-43-42(48)41(47)40(46)37(55-43)35-56(49,50)51/h10,12,36-37,40-43,46-48H,3-9,11,13-35H2,1-2H3,(H,49,50,51)/b12-10-. The van der Waals surface area contributed by atoms with Crippen molar-refractivity contribution in [2.75, 3.05) is 19.0 Å². The third-order valence-electron chi connectivity index (χ3n) is 10.3. The quantitative estimate of drug-likeness (QED) is 0.0203. The van der Waals surface area contributed by atoms with Gasteiger partial charge in [-0.3, -0.25) is 14.1 Å². The van der Waals surface area contributed by atoms with Crippen molar-refractivity contribution >= 4 is 22.1 Å². The Hall–Kier alpha value is -1.61. The van der Waals surface area contributed by atoms with Gasteiger partial charge in [0.05, 0.1) is 6.61 Å². The van der Waals surface area contributed by atoms with Crippen LogP contribution in [0.1, 0.15) is 194 Å². The number of rotatable bonds is 37. The van der Waals surface area contributed by atoms with Crippen LogP contribution >= 0.6 is 0 Å². The smallest absolute Gasteiger partial charge is 0.306 e. The molecule has 56 heavy (non-hydrogen) atoms. The maximum Gasteiger partial charge on any atom is 0.306 e. The molecule has 13 heteroatoms. The van der Waals surface area contributed by atoms with E-state index in [1.165, 1.54) is 96.3 Å². The van der Waals surface area contributed by atoms with Crippen LogP contribution in [0.5, 0.6) is 0 Å². The van der Waals surface area contributed by atoms with E-state index in [4.69, 9.17) is 18.9 Å². The zero-order valence-electron chi connectivity index (χ0n) is 35.0. The number of unbranched alkanes of at least 4 members (excludes halogenated alkanes) is 23. The lowest BCUT2D eigenvalue weighted by molar-refractivity contribution is -0.297. The Balaban J connectivity index is 2.42. The minimum atomic E-state index is -4.60. The first-order chi connectivity index (χ1) is 27.0. The van der Waals surface area contributed by atoms with E-state index in [1.54, 1.807) is 0 Å². The number of aliphatic hydroxyl groups is 3. The van der Waals surface area contributed by atoms with Crippen molar-refractivity contribution in [3.05, 3.63) is 12.2 Å². The second-order valence-corrected chi connectivity index (χ2v) is 17.2. The van der Waals surface area contributed by atoms with Gasteiger partial charge in [0.25, 0.3) is 10.1 Å². The summed E-state index contributed by atoms with van der Waals surface area (Å²) in [6, 6.07) is 0. The van der Waals surface area contributed by atoms with Crippen molar-refractivity contribution in [3.8, 4) is 0 Å². The zero-order chi connectivity index (χ0) is 41.3. The molecule has 0 amide bonds. The number of ether oxygens (including phenoxy) is 4. The summed E-state index contributed by atoms with van der Waals surface area (Å²) in [6.07, 6.45) is 25.5. The summed E-state index contributed by atoms with van der Waals surface area (Å²) in [6.45, 7) is 3.72. The van der Waals surface area contributed by atoms with Gasteiger partial charge < -0.3 is 34.3 Å². The minimum absolute atomic E-state index is 0.157. The third-order valence-corrected chi connectivity index (χ3v) is 11.1. The predicted molar refractivity (Wildman–Crippen MR) is 220 cm³/mol. The number of esters is 2. The van der Waals surface area contributed by atoms with Crippen molar-refractivity contribution < 1.29 is 56.8 Å². The van der Waals surface area contributed by atoms with Crippen LogP contribution in [0.25, 0.3) is 0 Å². The van der Waals surface area contributed by atoms with Gasteiger partial charge in [-0.2, -0.15) is 8.42 Å². The van der Waals surface area contributed by atoms with Gasteiger partial charge in [0.2, 0.25) is 0 Å². The van der Waals surface area contributed by atoms with Crippen molar-refractivity contribution in [2.24, 2.45) is 0 Å². The Kier molecular flexibility index (Phi) is 32.1. The molecule has 1 heterocycles. The lowest BCUT2D eigenvalue weighted by Gasteiger charge is -2.40. The monoisotopic (exact) mass is 821 g/mol. The Morgan fingerprint density at radius 1 is 0.589 bits per heavy atom. The summed E-state index contributed by atoms with van der Waals surface area (Å²) in [5.41, 5.74) is 0. The summed E-state index contributed by atoms with van der Waals surface area (Å²) >= 11 is 0. The van der Waals surface area contributed by atoms with Crippen LogP contribution in [0.3, 0.4) is 0 Å². The molecule has 1 aliphatic rings. The van der Waals surface area contributed by atoms with Gasteiger partial charge in [0.15, 0.2) is 12.4 Å². The highest BCUT2D eigenvalue weighted by Crippen LogP contribution is 2.24. The van der Waals surface area contributed by atoms with Crippen molar-refractivity contribution in [3.63, 3.8) is 0 Å². The molecule has 0 aromatic rings. The third kappa shape index (κ3) is 28.7. The number of carbonyl (C=O) groups is 2. The van der Waals surface area contributed by atoms with Crippen LogP contribution in [0, 0.1) is 0 Å². The summed E-state index contributed by atoms with van der Waals surface area (Å²) in [4.78, 5) is 25.3. The average molecular weight is 821 g/mol. The van der Waals surface area contributed by atoms with E-state index in [1.807, 2.05) is 0 Å². The van der Waals surface area contributed by atoms with Crippen molar-refractivity contribution in [1.82, 2.24) is 0 Å². The molecule has 1 rings (SSSR count). The summed E-state index contributed by atoms with van der Waals surface area (Å²) in [7, 11) is -4.60. The molecule has 1 saturated heterocycles. The normalized spacial score (nSPS) is 20.7. The summed E-state index contributed by atoms with van der Waals surface area (Å²) < 4.78 is 54.0. The summed E-state index contributed by atoms with van der Waals surface area (Å²) in [5, 5.41) is 30.8. The first kappa shape index (κ1) is 52.4. The number of hydrogen-bond acceptors (Lipinski definition) is 11. The largest absolute Gasteiger partial charge is 0.462 e. The molecular weight excluding hydrogens is 741 g/mol. The molecule has 1 aliphatic heterocycles. The second kappa shape index (κ2) is 34.3. The van der Waals surface area contributed by atoms with E-state index in [9.17, 15) is 37.9 Å². The number of allylic oxidation sites excluding steroid dienone is 2. The van der Waals surface area contributed by atoms with E-state index in [2.05, 4.69) is 26.0 Å². The van der Waals surface area contributed by atoms with Gasteiger partial charge in [0.1, 0.15) is 36.8 Å². The lowest BCUT2D eigenvalue weighted by Crippen LogP contribution is -2.60. The van der Waals surface area contributed by atoms with Gasteiger partial charge in [-0.25, -0.2) is 0 Å². The molecule has 0 aromatic heterocycles. The molecule has 6 atom stereocenters. The molecule has 4 N–H and O–H groups in total. The van der Waals surface area contributed by atoms with E-state index >= 15 is 0 Å². The molecule has 6 unspecified atom stereocenters. The minimum Gasteiger partial charge on any atom is -0.462 e. The van der Waals surface area contributed by atoms with Crippen LogP contribution in [-0.2, 0) is 38.7 Å². The van der Waals surface area contributed by atoms with Crippen LogP contribution in [0.15, 0.2) is 12.2 Å². The Morgan fingerprint density at radius 3 is 1.54 bits per heavy atom. The molecule has 0 spiro atoms. The molecule has 0 radical (unpaired) electrons. The van der Waals surface area contributed by atoms with Gasteiger partial charge in [-0.1, -0.05) is 161 Å². The highest BCUT2D eigenvalue weighted by molar-refractivity contribution is 7.85. The first-order valence-corrected chi connectivity index (χ1v) is 23.9. The highest BCUT2D eigenvalue weighted by Gasteiger charge is 2.46. The number of aliphatic hydroxyl groups excluding tert-OH is 3. The van der Waals surface area contributed by atoms with Gasteiger partial charge in [-0.05, 0) is 32.1 Å². The molecule has 330 valence electrons. The fourth-order valence-electron chi connectivity index (χ4n) is 6.83. The van der Waals surface area contributed by atoms with Gasteiger partial charge >= 0.3 is 11.9 Å². The number of hydrogen-bond donors (Lipinski definition) is 4. The molecule has 1 fully saturated rings. The molecular formula is C43H80O12S. The van der Waals surface area contributed by atoms with Crippen molar-refractivity contribution in [1.29, 1.82) is 0 Å². The fourth-order valence-corrected chi connectivity index (χ4v) is 7.53. The predicted octanol–water partition coefficient (Wildman–Crippen LogP) is 8.67. The summed E-state index contributed by atoms with van der Waals surface area (Å²) in [5.74, 6) is -1.98. The first-order valence-electron chi connectivity index (χ1n) is 22.2. The van der Waals surface area contributed by atoms with Crippen LogP contribution in [0.4, 0.5) is 0 Å². The number of carbonyl (C=O) groups excluding carboxylic acids is 2. The Bertz CT molecular complexity index is 1100. The SMILES string of the molecule is CCCC/C=C\CCCCCCCC(=O)OC(COC(=O)CCCCCCCCCCCCCCCCCCC)COC1OC(CS(=O)(=O)O)C(O)C(O)C1O. The molecule has 0 aliphatic carbocycles. The van der Waals surface area contributed by atoms with Crippen molar-refractivity contribution in [2.45, 2.75) is 230 Å². The fraction of sp³-hybridized carbons (Fsp3) is 0.907. The van der Waals surface area contributed by atoms with Crippen LogP contribution in [0.2, 0.25) is 0 Å². The molecule has 0 saturated carbocycles. The second-order valence-electron chi connectivity index (χ2n) is 15.7. The van der Waals surface area contributed by atoms with E-state index < -0.39 is 71.2 Å². The molecule has 0 aromatic carbocycles. The molecule has 0 bridgehead atoms. The van der Waals surface area contributed by atoms with Crippen LogP contribution < -0.4 is 0 Å². The van der Waals surface area contributed by atoms with Gasteiger partial charge in [-0.15, -0.1) is 0 Å². The average Bonchev–Trinajstić information content (AvgIpc) is 3.16. The zero-order valence-corrected chi connectivity index (χ0v) is 35.8. The van der Waals surface area contributed by atoms with Gasteiger partial charge in [0, 0.05) is 12.8 Å². The Labute approximate surface area is 339 Å². The van der Waals surface area contributed by atoms with Crippen LogP contribution in [-0.4, -0.2) is 96.0 Å². The van der Waals surface area contributed by atoms with E-state index in [0.717, 1.165) is 57.8 Å². The highest BCUT2D eigenvalue weighted by atomic mass is 32.2. The lowest BCUT2D eigenvalue weighted by atomic mass is 10.00. The van der Waals surface area contributed by atoms with E-state index in [-0.39, 0.29) is 19.4 Å². The van der Waals surface area contributed by atoms with E-state index in [0.29, 0.717) is 12.8 Å².